The zero-order valence-electron chi connectivity index (χ0n) is 9.17. The highest BCUT2D eigenvalue weighted by molar-refractivity contribution is 6.03. The summed E-state index contributed by atoms with van der Waals surface area (Å²) >= 11 is 0. The van der Waals surface area contributed by atoms with E-state index < -0.39 is 5.97 Å². The molecule has 0 spiro atoms. The lowest BCUT2D eigenvalue weighted by atomic mass is 10.2. The third-order valence-corrected chi connectivity index (χ3v) is 2.75. The minimum Gasteiger partial charge on any atom is -0.478 e. The summed E-state index contributed by atoms with van der Waals surface area (Å²) in [7, 11) is 0. The molecule has 1 atom stereocenters. The van der Waals surface area contributed by atoms with E-state index in [9.17, 15) is 9.59 Å². The monoisotopic (exact) mass is 235 g/mol. The minimum atomic E-state index is -1.15. The number of likely N-dealkylation sites (tertiary alicyclic amines) is 1. The van der Waals surface area contributed by atoms with Crippen molar-refractivity contribution in [3.05, 3.63) is 29.6 Å². The van der Waals surface area contributed by atoms with Gasteiger partial charge in [-0.25, -0.2) is 4.79 Å². The summed E-state index contributed by atoms with van der Waals surface area (Å²) in [5, 5.41) is 8.97. The zero-order chi connectivity index (χ0) is 12.4. The molecule has 1 amide bonds. The first-order valence-electron chi connectivity index (χ1n) is 5.32. The van der Waals surface area contributed by atoms with Gasteiger partial charge in [-0.2, -0.15) is 0 Å². The Bertz CT molecular complexity index is 461. The zero-order valence-corrected chi connectivity index (χ0v) is 9.17. The van der Waals surface area contributed by atoms with Crippen molar-refractivity contribution in [2.45, 2.75) is 12.5 Å². The van der Waals surface area contributed by atoms with Crippen LogP contribution in [0.25, 0.3) is 0 Å². The number of amides is 1. The molecule has 0 radical (unpaired) electrons. The molecule has 3 N–H and O–H groups in total. The van der Waals surface area contributed by atoms with Crippen LogP contribution in [0, 0.1) is 0 Å². The van der Waals surface area contributed by atoms with Gasteiger partial charge in [-0.15, -0.1) is 0 Å². The summed E-state index contributed by atoms with van der Waals surface area (Å²) in [5.74, 6) is -1.51. The molecule has 0 bridgehead atoms. The molecule has 1 aliphatic heterocycles. The molecule has 1 fully saturated rings. The van der Waals surface area contributed by atoms with Gasteiger partial charge in [0.05, 0.1) is 5.56 Å². The fourth-order valence-electron chi connectivity index (χ4n) is 1.87. The van der Waals surface area contributed by atoms with Gasteiger partial charge in [-0.1, -0.05) is 0 Å². The summed E-state index contributed by atoms with van der Waals surface area (Å²) in [5.41, 5.74) is 5.62. The standard InChI is InChI=1S/C11H13N3O3/c12-7-3-5-14(6-7)10(15)9-8(11(16)17)2-1-4-13-9/h1-2,4,7H,3,5-6,12H2,(H,16,17). The second-order valence-corrected chi connectivity index (χ2v) is 4.00. The highest BCUT2D eigenvalue weighted by Gasteiger charge is 2.28. The van der Waals surface area contributed by atoms with E-state index in [4.69, 9.17) is 10.8 Å². The van der Waals surface area contributed by atoms with Crippen LogP contribution in [0.3, 0.4) is 0 Å². The summed E-state index contributed by atoms with van der Waals surface area (Å²) in [4.78, 5) is 28.4. The predicted octanol–water partition coefficient (Wildman–Crippen LogP) is -0.0470. The third kappa shape index (κ3) is 2.26. The van der Waals surface area contributed by atoms with Gasteiger partial charge in [0.1, 0.15) is 5.69 Å². The Kier molecular flexibility index (Phi) is 3.06. The highest BCUT2D eigenvalue weighted by Crippen LogP contribution is 2.14. The number of carbonyl (C=O) groups excluding carboxylic acids is 1. The molecule has 6 nitrogen and oxygen atoms in total. The van der Waals surface area contributed by atoms with E-state index >= 15 is 0 Å². The maximum Gasteiger partial charge on any atom is 0.338 e. The molecule has 1 aliphatic rings. The van der Waals surface area contributed by atoms with Crippen LogP contribution in [0.4, 0.5) is 0 Å². The van der Waals surface area contributed by atoms with E-state index in [0.717, 1.165) is 6.42 Å². The maximum atomic E-state index is 12.1. The third-order valence-electron chi connectivity index (χ3n) is 2.75. The molecule has 1 aromatic rings. The number of pyridine rings is 1. The van der Waals surface area contributed by atoms with Crippen LogP contribution in [0.5, 0.6) is 0 Å². The SMILES string of the molecule is NC1CCN(C(=O)c2ncccc2C(=O)O)C1. The topological polar surface area (TPSA) is 96.5 Å². The molecule has 90 valence electrons. The highest BCUT2D eigenvalue weighted by atomic mass is 16.4. The maximum absolute atomic E-state index is 12.1. The Morgan fingerprint density at radius 3 is 2.88 bits per heavy atom. The Morgan fingerprint density at radius 1 is 1.53 bits per heavy atom. The van der Waals surface area contributed by atoms with E-state index in [2.05, 4.69) is 4.98 Å². The van der Waals surface area contributed by atoms with Crippen LogP contribution in [-0.2, 0) is 0 Å². The Balaban J connectivity index is 2.28. The lowest BCUT2D eigenvalue weighted by Gasteiger charge is -2.15. The smallest absolute Gasteiger partial charge is 0.338 e. The van der Waals surface area contributed by atoms with Crippen molar-refractivity contribution in [1.82, 2.24) is 9.88 Å². The number of nitrogens with zero attached hydrogens (tertiary/aromatic N) is 2. The van der Waals surface area contributed by atoms with Crippen molar-refractivity contribution in [3.63, 3.8) is 0 Å². The molecule has 1 saturated heterocycles. The van der Waals surface area contributed by atoms with Gasteiger partial charge >= 0.3 is 5.97 Å². The van der Waals surface area contributed by atoms with Gasteiger partial charge in [0, 0.05) is 25.3 Å². The molecule has 0 saturated carbocycles. The number of carbonyl (C=O) groups is 2. The number of carboxylic acids is 1. The molecular formula is C11H13N3O3. The van der Waals surface area contributed by atoms with E-state index in [0.29, 0.717) is 13.1 Å². The number of aromatic carboxylic acids is 1. The number of nitrogens with two attached hydrogens (primary N) is 1. The Labute approximate surface area is 98.1 Å². The van der Waals surface area contributed by atoms with Gasteiger partial charge < -0.3 is 15.7 Å². The first-order valence-corrected chi connectivity index (χ1v) is 5.32. The van der Waals surface area contributed by atoms with Crippen LogP contribution in [0.2, 0.25) is 0 Å². The number of carboxylic acid groups (broad SMARTS) is 1. The fraction of sp³-hybridized carbons (Fsp3) is 0.364. The molecular weight excluding hydrogens is 222 g/mol. The van der Waals surface area contributed by atoms with Crippen LogP contribution >= 0.6 is 0 Å². The van der Waals surface area contributed by atoms with Crippen molar-refractivity contribution in [2.75, 3.05) is 13.1 Å². The largest absolute Gasteiger partial charge is 0.478 e. The van der Waals surface area contributed by atoms with Crippen molar-refractivity contribution >= 4 is 11.9 Å². The average Bonchev–Trinajstić information content (AvgIpc) is 2.75. The van der Waals surface area contributed by atoms with Gasteiger partial charge in [-0.3, -0.25) is 9.78 Å². The van der Waals surface area contributed by atoms with Gasteiger partial charge in [0.15, 0.2) is 0 Å². The van der Waals surface area contributed by atoms with Gasteiger partial charge in [0.2, 0.25) is 0 Å². The Hall–Kier alpha value is -1.95. The summed E-state index contributed by atoms with van der Waals surface area (Å²) in [6.07, 6.45) is 2.15. The molecule has 2 rings (SSSR count). The van der Waals surface area contributed by atoms with Crippen LogP contribution < -0.4 is 5.73 Å². The lowest BCUT2D eigenvalue weighted by molar-refractivity contribution is 0.0679. The molecule has 0 aromatic carbocycles. The molecule has 2 heterocycles. The van der Waals surface area contributed by atoms with Crippen molar-refractivity contribution in [3.8, 4) is 0 Å². The van der Waals surface area contributed by atoms with Crippen LogP contribution in [0.1, 0.15) is 27.3 Å². The predicted molar refractivity (Wildman–Crippen MR) is 59.7 cm³/mol. The van der Waals surface area contributed by atoms with Crippen LogP contribution in [0.15, 0.2) is 18.3 Å². The first kappa shape index (κ1) is 11.5. The number of aromatic nitrogens is 1. The van der Waals surface area contributed by atoms with E-state index in [1.165, 1.54) is 18.3 Å². The summed E-state index contributed by atoms with van der Waals surface area (Å²) in [6.45, 7) is 1.00. The molecule has 0 aliphatic carbocycles. The lowest BCUT2D eigenvalue weighted by Crippen LogP contribution is -2.33. The average molecular weight is 235 g/mol. The molecule has 6 heteroatoms. The second kappa shape index (κ2) is 4.50. The van der Waals surface area contributed by atoms with Crippen molar-refractivity contribution in [1.29, 1.82) is 0 Å². The second-order valence-electron chi connectivity index (χ2n) is 4.00. The number of rotatable bonds is 2. The van der Waals surface area contributed by atoms with E-state index in [1.54, 1.807) is 4.90 Å². The normalized spacial score (nSPS) is 19.4. The van der Waals surface area contributed by atoms with E-state index in [1.807, 2.05) is 0 Å². The quantitative estimate of drug-likeness (QED) is 0.749. The number of hydrogen-bond acceptors (Lipinski definition) is 4. The number of hydrogen-bond donors (Lipinski definition) is 2. The van der Waals surface area contributed by atoms with Crippen LogP contribution in [-0.4, -0.2) is 46.0 Å². The molecule has 1 aromatic heterocycles. The summed E-state index contributed by atoms with van der Waals surface area (Å²) < 4.78 is 0. The van der Waals surface area contributed by atoms with Crippen molar-refractivity contribution < 1.29 is 14.7 Å². The molecule has 1 unspecified atom stereocenters. The fourth-order valence-corrected chi connectivity index (χ4v) is 1.87. The minimum absolute atomic E-state index is 0.0194. The van der Waals surface area contributed by atoms with Gasteiger partial charge in [0.25, 0.3) is 5.91 Å². The van der Waals surface area contributed by atoms with Crippen molar-refractivity contribution in [2.24, 2.45) is 5.73 Å². The van der Waals surface area contributed by atoms with Gasteiger partial charge in [-0.05, 0) is 18.6 Å². The Morgan fingerprint density at radius 2 is 2.29 bits per heavy atom. The summed E-state index contributed by atoms with van der Waals surface area (Å²) in [6, 6.07) is 2.84. The van der Waals surface area contributed by atoms with E-state index in [-0.39, 0.29) is 23.2 Å². The molecule has 17 heavy (non-hydrogen) atoms. The first-order chi connectivity index (χ1) is 8.09.